The minimum atomic E-state index is -1.06. The number of ether oxygens (including phenoxy) is 3. The van der Waals surface area contributed by atoms with Crippen LogP contribution in [0.5, 0.6) is 0 Å². The third-order valence-electron chi connectivity index (χ3n) is 22.5. The van der Waals surface area contributed by atoms with Gasteiger partial charge in [0, 0.05) is 80.0 Å². The number of nitrogens with one attached hydrogen (secondary N) is 2. The number of hydrogen-bond donors (Lipinski definition) is 4. The van der Waals surface area contributed by atoms with Crippen molar-refractivity contribution in [2.24, 2.45) is 45.3 Å². The number of benzene rings is 4. The number of amides is 2. The van der Waals surface area contributed by atoms with Gasteiger partial charge in [-0.3, -0.25) is 24.0 Å². The van der Waals surface area contributed by atoms with Crippen LogP contribution >= 0.6 is 46.4 Å². The zero-order valence-corrected chi connectivity index (χ0v) is 54.5. The number of esters is 1. The fourth-order valence-corrected chi connectivity index (χ4v) is 18.7. The van der Waals surface area contributed by atoms with Crippen molar-refractivity contribution in [3.05, 3.63) is 126 Å². The minimum absolute atomic E-state index is 0.0150. The molecule has 10 atom stereocenters. The molecule has 6 fully saturated rings. The predicted molar refractivity (Wildman–Crippen MR) is 342 cm³/mol. The summed E-state index contributed by atoms with van der Waals surface area (Å²) in [6.45, 7) is 11.7. The lowest BCUT2D eigenvalue weighted by Gasteiger charge is -2.51. The van der Waals surface area contributed by atoms with Crippen LogP contribution in [0.25, 0.3) is 0 Å². The van der Waals surface area contributed by atoms with Gasteiger partial charge in [0.05, 0.1) is 62.1 Å². The summed E-state index contributed by atoms with van der Waals surface area (Å²) in [4.78, 5) is 84.5. The quantitative estimate of drug-likeness (QED) is 0.0735. The number of methoxy groups -OCH3 is 1. The summed E-state index contributed by atoms with van der Waals surface area (Å²) in [5.74, 6) is -2.44. The molecule has 4 saturated carbocycles. The molecule has 4 aliphatic heterocycles. The van der Waals surface area contributed by atoms with Crippen molar-refractivity contribution >= 4 is 92.9 Å². The van der Waals surface area contributed by atoms with Crippen LogP contribution in [-0.2, 0) is 44.2 Å². The maximum absolute atomic E-state index is 14.8. The molecule has 4 spiro atoms. The zero-order valence-electron chi connectivity index (χ0n) is 51.5. The molecule has 4 N–H and O–H groups in total. The van der Waals surface area contributed by atoms with Gasteiger partial charge in [-0.1, -0.05) is 93.2 Å². The maximum Gasteiger partial charge on any atom is 0.337 e. The standard InChI is InChI=1S/C36H43Cl2NO5.C35H41Cl2NO6/c1-4-30(41)22-14-23(16-25(38)15-22)32-27(31(42)13-21-5-7-26(19-40)44-20-21)18-35(11-9-34(2,3)10-12-35)36(32)28-8-6-24(37)17-29(28)39-33(36)43;1-33(2)8-10-34(11-9-33)17-26(29(40)12-20-4-6-25(18-39)44-19-20)30(21-13-22(31(41)43-3)15-24(37)14-21)35(34)27-7-5-23(36)16-28(27)38-32(35)42/h6,8,14-17,21,26-27,32,40H,4-5,7,9-13,18-20H2,1-3H3,(H,39,43);5,7,13-16,20,25-26,30,39H,4,6,8-12,17-19H2,1-3H3,(H,38,42)/t21-,26-,27-,32-,36+;20-,25-,26-,30-,35+/m00/s1. The number of rotatable bonds is 13. The van der Waals surface area contributed by atoms with Crippen molar-refractivity contribution in [1.82, 2.24) is 0 Å². The Morgan fingerprint density at radius 3 is 1.34 bits per heavy atom. The number of carbonyl (C=O) groups is 6. The lowest BCUT2D eigenvalue weighted by molar-refractivity contribution is -0.129. The number of hydrogen-bond acceptors (Lipinski definition) is 11. The normalized spacial score (nSPS) is 30.3. The van der Waals surface area contributed by atoms with E-state index in [1.807, 2.05) is 55.5 Å². The monoisotopic (exact) mass is 1280 g/mol. The Bertz CT molecular complexity index is 3160. The number of fused-ring (bicyclic) bond motifs is 6. The van der Waals surface area contributed by atoms with Crippen molar-refractivity contribution in [2.75, 3.05) is 44.2 Å². The number of Topliss-reactive ketones (excluding diaryl/α,β-unsaturated/α-hetero) is 3. The molecule has 472 valence electrons. The van der Waals surface area contributed by atoms with E-state index in [1.54, 1.807) is 24.3 Å². The van der Waals surface area contributed by atoms with Crippen molar-refractivity contribution in [3.8, 4) is 0 Å². The van der Waals surface area contributed by atoms with Crippen molar-refractivity contribution < 1.29 is 53.2 Å². The predicted octanol–water partition coefficient (Wildman–Crippen LogP) is 15.0. The van der Waals surface area contributed by atoms with Crippen LogP contribution < -0.4 is 10.6 Å². The molecular formula is C71H84Cl4N2O11. The second-order valence-electron chi connectivity index (χ2n) is 28.7. The van der Waals surface area contributed by atoms with E-state index in [0.717, 1.165) is 87.3 Å². The van der Waals surface area contributed by atoms with Gasteiger partial charge >= 0.3 is 5.97 Å². The Hall–Kier alpha value is -4.70. The molecular weight excluding hydrogens is 1200 g/mol. The Morgan fingerprint density at radius 2 is 0.966 bits per heavy atom. The number of halogens is 4. The van der Waals surface area contributed by atoms with Gasteiger partial charge < -0.3 is 35.1 Å². The maximum atomic E-state index is 14.8. The van der Waals surface area contributed by atoms with Crippen LogP contribution in [0, 0.1) is 45.3 Å². The van der Waals surface area contributed by atoms with Gasteiger partial charge in [-0.15, -0.1) is 0 Å². The first-order valence-electron chi connectivity index (χ1n) is 31.8. The van der Waals surface area contributed by atoms with Gasteiger partial charge in [-0.05, 0) is 206 Å². The molecule has 8 aliphatic rings. The summed E-state index contributed by atoms with van der Waals surface area (Å²) >= 11 is 26.3. The molecule has 4 aromatic carbocycles. The Morgan fingerprint density at radius 1 is 0.557 bits per heavy atom. The van der Waals surface area contributed by atoms with E-state index in [-0.39, 0.29) is 82.8 Å². The zero-order chi connectivity index (χ0) is 62.9. The highest BCUT2D eigenvalue weighted by molar-refractivity contribution is 6.32. The highest BCUT2D eigenvalue weighted by atomic mass is 35.5. The highest BCUT2D eigenvalue weighted by Crippen LogP contribution is 2.74. The smallest absolute Gasteiger partial charge is 0.337 e. The average Bonchev–Trinajstić information content (AvgIpc) is 1.51. The van der Waals surface area contributed by atoms with Crippen LogP contribution in [0.15, 0.2) is 72.8 Å². The van der Waals surface area contributed by atoms with E-state index >= 15 is 0 Å². The van der Waals surface area contributed by atoms with Crippen LogP contribution in [0.4, 0.5) is 11.4 Å². The third-order valence-corrected chi connectivity index (χ3v) is 23.5. The molecule has 0 bridgehead atoms. The van der Waals surface area contributed by atoms with Crippen LogP contribution in [-0.4, -0.2) is 91.1 Å². The summed E-state index contributed by atoms with van der Waals surface area (Å²) in [6, 6.07) is 21.8. The molecule has 0 radical (unpaired) electrons. The van der Waals surface area contributed by atoms with Gasteiger partial charge in [0.15, 0.2) is 5.78 Å². The first-order valence-corrected chi connectivity index (χ1v) is 33.3. The Labute approximate surface area is 537 Å². The van der Waals surface area contributed by atoms with E-state index < -0.39 is 51.3 Å². The molecule has 0 unspecified atom stereocenters. The van der Waals surface area contributed by atoms with Crippen molar-refractivity contribution in [1.29, 1.82) is 0 Å². The molecule has 2 amide bonds. The summed E-state index contributed by atoms with van der Waals surface area (Å²) in [5.41, 5.74) is 2.61. The molecule has 2 saturated heterocycles. The van der Waals surface area contributed by atoms with Gasteiger partial charge in [0.25, 0.3) is 0 Å². The summed E-state index contributed by atoms with van der Waals surface area (Å²) in [7, 11) is 1.32. The fraction of sp³-hybridized carbons (Fsp3) is 0.577. The molecule has 4 aliphatic carbocycles. The van der Waals surface area contributed by atoms with Crippen molar-refractivity contribution in [2.45, 2.75) is 179 Å². The first-order chi connectivity index (χ1) is 41.8. The molecule has 13 nitrogen and oxygen atoms in total. The molecule has 12 rings (SSSR count). The largest absolute Gasteiger partial charge is 0.465 e. The molecule has 0 aromatic heterocycles. The van der Waals surface area contributed by atoms with Gasteiger partial charge in [-0.2, -0.15) is 0 Å². The molecule has 88 heavy (non-hydrogen) atoms. The van der Waals surface area contributed by atoms with E-state index in [2.05, 4.69) is 38.3 Å². The van der Waals surface area contributed by atoms with E-state index in [1.165, 1.54) is 7.11 Å². The molecule has 17 heteroatoms. The molecule has 4 aromatic rings. The van der Waals surface area contributed by atoms with Gasteiger partial charge in [0.1, 0.15) is 11.6 Å². The van der Waals surface area contributed by atoms with E-state index in [0.29, 0.717) is 94.3 Å². The van der Waals surface area contributed by atoms with Crippen LogP contribution in [0.3, 0.4) is 0 Å². The van der Waals surface area contributed by atoms with Gasteiger partial charge in [-0.25, -0.2) is 4.79 Å². The highest BCUT2D eigenvalue weighted by Gasteiger charge is 2.74. The number of aliphatic hydroxyl groups excluding tert-OH is 2. The number of aliphatic hydroxyl groups is 2. The van der Waals surface area contributed by atoms with Crippen molar-refractivity contribution in [3.63, 3.8) is 0 Å². The first kappa shape index (κ1) is 64.8. The average molecular weight is 1280 g/mol. The minimum Gasteiger partial charge on any atom is -0.465 e. The lowest BCUT2D eigenvalue weighted by atomic mass is 9.51. The van der Waals surface area contributed by atoms with E-state index in [9.17, 15) is 39.0 Å². The Balaban J connectivity index is 0.000000182. The number of ketones is 3. The molecule has 4 heterocycles. The third kappa shape index (κ3) is 11.5. The van der Waals surface area contributed by atoms with Crippen LogP contribution in [0.2, 0.25) is 20.1 Å². The van der Waals surface area contributed by atoms with E-state index in [4.69, 9.17) is 60.6 Å². The Kier molecular flexibility index (Phi) is 18.5. The summed E-state index contributed by atoms with van der Waals surface area (Å²) in [5, 5.41) is 27.3. The summed E-state index contributed by atoms with van der Waals surface area (Å²) in [6.07, 6.45) is 11.8. The second-order valence-corrected chi connectivity index (χ2v) is 30.4. The summed E-state index contributed by atoms with van der Waals surface area (Å²) < 4.78 is 16.7. The SMILES string of the molecule is CCC(=O)c1cc(Cl)cc([C@H]2[C@H](C(=O)C[C@@H]3CC[C@@H](CO)OC3)CC3(CCC(C)(C)CC3)[C@@]23C(=O)Nc2cc(Cl)ccc23)c1.COC(=O)c1cc(Cl)cc([C@H]2[C@H](C(=O)C[C@@H]3CC[C@@H](CO)OC3)CC3(CCC(C)(C)CC3)[C@@]23C(=O)Nc2cc(Cl)ccc23)c1. The topological polar surface area (TPSA) is 195 Å². The number of anilines is 2. The second kappa shape index (κ2) is 25.1. The van der Waals surface area contributed by atoms with Gasteiger partial charge in [0.2, 0.25) is 11.8 Å². The fourth-order valence-electron chi connectivity index (χ4n) is 17.9. The number of carbonyl (C=O) groups excluding carboxylic acids is 6. The van der Waals surface area contributed by atoms with Crippen LogP contribution in [0.1, 0.15) is 199 Å². The lowest BCUT2D eigenvalue weighted by Crippen LogP contribution is -2.52.